The van der Waals surface area contributed by atoms with E-state index in [9.17, 15) is 34.2 Å². The van der Waals surface area contributed by atoms with E-state index in [0.29, 0.717) is 0 Å². The quantitative estimate of drug-likeness (QED) is 0.251. The lowest BCUT2D eigenvalue weighted by molar-refractivity contribution is -0.385. The van der Waals surface area contributed by atoms with E-state index in [1.165, 1.54) is 12.1 Å². The number of amides is 2. The van der Waals surface area contributed by atoms with Crippen LogP contribution < -0.4 is 20.9 Å². The molecule has 0 saturated carbocycles. The number of piperidine rings is 2. The SMILES string of the molecule is CC(C)(C)OC(=O)NC1CCN(c2ccc([N+](=O)[O-])cc2)CC1.CC(C)(C)OC(=O)NC1CCNCC1.O=[N+]([O-])c1ccc(F)cc1. The van der Waals surface area contributed by atoms with Crippen LogP contribution in [0.2, 0.25) is 0 Å². The van der Waals surface area contributed by atoms with E-state index in [1.54, 1.807) is 12.1 Å². The Morgan fingerprint density at radius 2 is 1.13 bits per heavy atom. The summed E-state index contributed by atoms with van der Waals surface area (Å²) in [5.41, 5.74) is 0.0588. The number of alkyl carbamates (subject to hydrolysis) is 2. The first-order chi connectivity index (χ1) is 21.9. The number of nitrogens with one attached hydrogen (secondary N) is 3. The highest BCUT2D eigenvalue weighted by molar-refractivity contribution is 5.68. The summed E-state index contributed by atoms with van der Waals surface area (Å²) in [6.45, 7) is 14.6. The van der Waals surface area contributed by atoms with Crippen LogP contribution in [0.3, 0.4) is 0 Å². The lowest BCUT2D eigenvalue weighted by Gasteiger charge is -2.34. The Bertz CT molecular complexity index is 1300. The zero-order chi connectivity index (χ0) is 35.2. The highest BCUT2D eigenvalue weighted by Crippen LogP contribution is 2.23. The number of rotatable bonds is 5. The van der Waals surface area contributed by atoms with Crippen molar-refractivity contribution in [3.8, 4) is 0 Å². The highest BCUT2D eigenvalue weighted by Gasteiger charge is 2.24. The number of hydrogen-bond donors (Lipinski definition) is 3. The van der Waals surface area contributed by atoms with Crippen LogP contribution in [0.5, 0.6) is 0 Å². The van der Waals surface area contributed by atoms with Crippen molar-refractivity contribution < 1.29 is 33.3 Å². The van der Waals surface area contributed by atoms with E-state index in [4.69, 9.17) is 9.47 Å². The highest BCUT2D eigenvalue weighted by atomic mass is 19.1. The van der Waals surface area contributed by atoms with Crippen molar-refractivity contribution >= 4 is 29.2 Å². The number of nitrogens with zero attached hydrogens (tertiary/aromatic N) is 3. The van der Waals surface area contributed by atoms with Crippen molar-refractivity contribution in [1.29, 1.82) is 0 Å². The fraction of sp³-hybridized carbons (Fsp3) is 0.562. The van der Waals surface area contributed by atoms with Crippen molar-refractivity contribution in [2.75, 3.05) is 31.1 Å². The van der Waals surface area contributed by atoms with E-state index >= 15 is 0 Å². The van der Waals surface area contributed by atoms with Crippen molar-refractivity contribution in [2.45, 2.75) is 90.5 Å². The Balaban J connectivity index is 0.000000271. The van der Waals surface area contributed by atoms with Gasteiger partial charge in [0.25, 0.3) is 11.4 Å². The van der Waals surface area contributed by atoms with Crippen LogP contribution in [0, 0.1) is 26.0 Å². The molecule has 2 saturated heterocycles. The molecule has 3 N–H and O–H groups in total. The average molecular weight is 663 g/mol. The normalized spacial score (nSPS) is 15.5. The molecule has 0 atom stereocenters. The predicted octanol–water partition coefficient (Wildman–Crippen LogP) is 6.09. The second kappa shape index (κ2) is 18.0. The minimum Gasteiger partial charge on any atom is -0.444 e. The number of halogens is 1. The summed E-state index contributed by atoms with van der Waals surface area (Å²) in [5.74, 6) is -0.467. The topological polar surface area (TPSA) is 178 Å². The van der Waals surface area contributed by atoms with Gasteiger partial charge in [-0.15, -0.1) is 0 Å². The summed E-state index contributed by atoms with van der Waals surface area (Å²) in [6.07, 6.45) is 2.92. The maximum absolute atomic E-state index is 12.1. The van der Waals surface area contributed by atoms with Gasteiger partial charge in [-0.05, 0) is 105 Å². The van der Waals surface area contributed by atoms with Gasteiger partial charge >= 0.3 is 12.2 Å². The first-order valence-corrected chi connectivity index (χ1v) is 15.5. The zero-order valence-electron chi connectivity index (χ0n) is 27.9. The zero-order valence-corrected chi connectivity index (χ0v) is 27.9. The predicted molar refractivity (Wildman–Crippen MR) is 176 cm³/mol. The Morgan fingerprint density at radius 1 is 0.745 bits per heavy atom. The fourth-order valence-electron chi connectivity index (χ4n) is 4.54. The second-order valence-electron chi connectivity index (χ2n) is 13.1. The number of non-ortho nitro benzene ring substituents is 2. The number of nitro groups is 2. The molecular weight excluding hydrogens is 615 g/mol. The van der Waals surface area contributed by atoms with Crippen LogP contribution in [-0.2, 0) is 9.47 Å². The van der Waals surface area contributed by atoms with Crippen molar-refractivity contribution in [1.82, 2.24) is 16.0 Å². The number of benzene rings is 2. The van der Waals surface area contributed by atoms with Gasteiger partial charge < -0.3 is 30.3 Å². The Hall–Kier alpha value is -4.53. The van der Waals surface area contributed by atoms with Crippen LogP contribution in [0.4, 0.5) is 31.0 Å². The molecule has 2 aliphatic heterocycles. The molecule has 260 valence electrons. The minimum absolute atomic E-state index is 0.0928. The molecule has 0 bridgehead atoms. The molecule has 14 nitrogen and oxygen atoms in total. The van der Waals surface area contributed by atoms with E-state index in [2.05, 4.69) is 20.9 Å². The van der Waals surface area contributed by atoms with Crippen molar-refractivity contribution in [2.24, 2.45) is 0 Å². The van der Waals surface area contributed by atoms with Gasteiger partial charge in [0.15, 0.2) is 0 Å². The van der Waals surface area contributed by atoms with Gasteiger partial charge in [0.05, 0.1) is 9.85 Å². The van der Waals surface area contributed by atoms with Gasteiger partial charge in [-0.3, -0.25) is 20.2 Å². The van der Waals surface area contributed by atoms with Gasteiger partial charge in [0.2, 0.25) is 0 Å². The molecule has 2 aromatic rings. The summed E-state index contributed by atoms with van der Waals surface area (Å²) < 4.78 is 22.6. The fourth-order valence-corrected chi connectivity index (χ4v) is 4.54. The summed E-state index contributed by atoms with van der Waals surface area (Å²) >= 11 is 0. The van der Waals surface area contributed by atoms with E-state index in [-0.39, 0.29) is 35.6 Å². The molecule has 2 fully saturated rings. The Kier molecular flexibility index (Phi) is 14.8. The lowest BCUT2D eigenvalue weighted by atomic mass is 10.0. The summed E-state index contributed by atoms with van der Waals surface area (Å²) in [7, 11) is 0. The second-order valence-corrected chi connectivity index (χ2v) is 13.1. The third-order valence-corrected chi connectivity index (χ3v) is 6.74. The third-order valence-electron chi connectivity index (χ3n) is 6.74. The molecule has 0 spiro atoms. The molecule has 0 radical (unpaired) electrons. The van der Waals surface area contributed by atoms with Crippen LogP contribution in [0.25, 0.3) is 0 Å². The maximum Gasteiger partial charge on any atom is 0.407 e. The van der Waals surface area contributed by atoms with Gasteiger partial charge in [-0.25, -0.2) is 14.0 Å². The number of hydrogen-bond acceptors (Lipinski definition) is 10. The number of carbonyl (C=O) groups excluding carboxylic acids is 2. The van der Waals surface area contributed by atoms with Crippen LogP contribution in [0.15, 0.2) is 48.5 Å². The number of ether oxygens (including phenoxy) is 2. The Labute approximate surface area is 274 Å². The van der Waals surface area contributed by atoms with Gasteiger partial charge in [-0.1, -0.05) is 0 Å². The molecule has 0 aromatic heterocycles. The number of carbonyl (C=O) groups is 2. The maximum atomic E-state index is 12.1. The van der Waals surface area contributed by atoms with Crippen LogP contribution in [-0.4, -0.2) is 71.5 Å². The van der Waals surface area contributed by atoms with E-state index in [0.717, 1.165) is 81.8 Å². The first kappa shape index (κ1) is 38.7. The summed E-state index contributed by atoms with van der Waals surface area (Å²) in [5, 5.41) is 29.7. The molecule has 4 rings (SSSR count). The van der Waals surface area contributed by atoms with E-state index in [1.807, 2.05) is 41.5 Å². The van der Waals surface area contributed by atoms with Crippen molar-refractivity contribution in [3.05, 3.63) is 74.6 Å². The number of nitro benzene ring substituents is 2. The molecule has 2 heterocycles. The lowest BCUT2D eigenvalue weighted by Crippen LogP contribution is -2.46. The standard InChI is InChI=1S/C16H23N3O4.C10H20N2O2.C6H4FNO2/c1-16(2,3)23-15(20)17-12-8-10-18(11-9-12)13-4-6-14(7-5-13)19(21)22;1-10(2,3)14-9(13)12-8-4-6-11-7-5-8;7-5-1-3-6(4-2-5)8(9)10/h4-7,12H,8-11H2,1-3H3,(H,17,20);8,11H,4-7H2,1-3H3,(H,12,13);1-4H. The third kappa shape index (κ3) is 16.0. The molecular formula is C32H47FN6O8. The smallest absolute Gasteiger partial charge is 0.407 e. The molecule has 15 heteroatoms. The number of anilines is 1. The Morgan fingerprint density at radius 3 is 1.51 bits per heavy atom. The first-order valence-electron chi connectivity index (χ1n) is 15.5. The van der Waals surface area contributed by atoms with Crippen LogP contribution >= 0.6 is 0 Å². The van der Waals surface area contributed by atoms with Gasteiger partial charge in [0, 0.05) is 55.1 Å². The largest absolute Gasteiger partial charge is 0.444 e. The van der Waals surface area contributed by atoms with Crippen molar-refractivity contribution in [3.63, 3.8) is 0 Å². The van der Waals surface area contributed by atoms with E-state index < -0.39 is 26.9 Å². The minimum atomic E-state index is -0.570. The average Bonchev–Trinajstić information content (AvgIpc) is 2.97. The monoisotopic (exact) mass is 662 g/mol. The summed E-state index contributed by atoms with van der Waals surface area (Å²) in [4.78, 5) is 45.0. The van der Waals surface area contributed by atoms with Crippen LogP contribution in [0.1, 0.15) is 67.2 Å². The van der Waals surface area contributed by atoms with Gasteiger partial charge in [-0.2, -0.15) is 0 Å². The molecule has 0 aliphatic carbocycles. The molecule has 0 unspecified atom stereocenters. The van der Waals surface area contributed by atoms with Gasteiger partial charge in [0.1, 0.15) is 17.0 Å². The molecule has 2 amide bonds. The molecule has 2 aromatic carbocycles. The molecule has 2 aliphatic rings. The molecule has 47 heavy (non-hydrogen) atoms. The summed E-state index contributed by atoms with van der Waals surface area (Å²) in [6, 6.07) is 11.3.